The Hall–Kier alpha value is -1.59. The Morgan fingerprint density at radius 2 is 2.15 bits per heavy atom. The van der Waals surface area contributed by atoms with Crippen LogP contribution in [0.3, 0.4) is 0 Å². The summed E-state index contributed by atoms with van der Waals surface area (Å²) in [5, 5.41) is 4.18. The number of nitrogens with one attached hydrogen (secondary N) is 2. The van der Waals surface area contributed by atoms with E-state index in [1.165, 1.54) is 4.57 Å². The zero-order valence-electron chi connectivity index (χ0n) is 11.0. The van der Waals surface area contributed by atoms with Gasteiger partial charge in [0.1, 0.15) is 0 Å². The van der Waals surface area contributed by atoms with Crippen molar-refractivity contribution in [1.29, 1.82) is 0 Å². The summed E-state index contributed by atoms with van der Waals surface area (Å²) in [6, 6.07) is 5.24. The number of fused-ring (bicyclic) bond motifs is 1. The Bertz CT molecular complexity index is 744. The van der Waals surface area contributed by atoms with Crippen LogP contribution < -0.4 is 16.6 Å². The van der Waals surface area contributed by atoms with E-state index in [2.05, 4.69) is 10.3 Å². The molecule has 0 radical (unpaired) electrons. The first-order valence-corrected chi connectivity index (χ1v) is 7.19. The van der Waals surface area contributed by atoms with Crippen molar-refractivity contribution in [2.45, 2.75) is 31.8 Å². The van der Waals surface area contributed by atoms with E-state index >= 15 is 0 Å². The second-order valence-corrected chi connectivity index (χ2v) is 5.56. The second-order valence-electron chi connectivity index (χ2n) is 5.16. The predicted molar refractivity (Wildman–Crippen MR) is 79.5 cm³/mol. The van der Waals surface area contributed by atoms with E-state index < -0.39 is 5.69 Å². The van der Waals surface area contributed by atoms with Crippen LogP contribution in [-0.2, 0) is 6.54 Å². The van der Waals surface area contributed by atoms with Gasteiger partial charge < -0.3 is 10.3 Å². The third-order valence-electron chi connectivity index (χ3n) is 3.78. The molecule has 6 heteroatoms. The largest absolute Gasteiger partial charge is 0.328 e. The van der Waals surface area contributed by atoms with Crippen molar-refractivity contribution in [3.05, 3.63) is 44.1 Å². The molecule has 1 aliphatic rings. The molecule has 106 valence electrons. The molecule has 3 rings (SSSR count). The van der Waals surface area contributed by atoms with E-state index in [1.54, 1.807) is 18.2 Å². The Morgan fingerprint density at radius 1 is 1.30 bits per heavy atom. The molecular weight excluding hydrogens is 278 g/mol. The van der Waals surface area contributed by atoms with Crippen LogP contribution >= 0.6 is 11.6 Å². The van der Waals surface area contributed by atoms with Gasteiger partial charge in [0.25, 0.3) is 5.56 Å². The van der Waals surface area contributed by atoms with Crippen molar-refractivity contribution in [2.24, 2.45) is 0 Å². The Labute approximate surface area is 120 Å². The number of piperidine rings is 1. The maximum atomic E-state index is 12.4. The zero-order valence-corrected chi connectivity index (χ0v) is 11.7. The van der Waals surface area contributed by atoms with E-state index in [9.17, 15) is 9.59 Å². The first-order valence-electron chi connectivity index (χ1n) is 6.81. The summed E-state index contributed by atoms with van der Waals surface area (Å²) in [5.41, 5.74) is -0.265. The molecular formula is C14H16ClN3O2. The average Bonchev–Trinajstić information content (AvgIpc) is 2.46. The van der Waals surface area contributed by atoms with Gasteiger partial charge in [0.05, 0.1) is 15.9 Å². The Balaban J connectivity index is 2.07. The third-order valence-corrected chi connectivity index (χ3v) is 4.10. The highest BCUT2D eigenvalue weighted by Gasteiger charge is 2.16. The Morgan fingerprint density at radius 3 is 2.90 bits per heavy atom. The molecule has 2 aromatic rings. The van der Waals surface area contributed by atoms with Gasteiger partial charge in [-0.25, -0.2) is 4.79 Å². The summed E-state index contributed by atoms with van der Waals surface area (Å²) in [6.07, 6.45) is 3.26. The van der Waals surface area contributed by atoms with Crippen LogP contribution in [0.25, 0.3) is 10.9 Å². The highest BCUT2D eigenvalue weighted by molar-refractivity contribution is 6.34. The van der Waals surface area contributed by atoms with Gasteiger partial charge in [0, 0.05) is 12.6 Å². The molecule has 0 spiro atoms. The van der Waals surface area contributed by atoms with Gasteiger partial charge in [-0.3, -0.25) is 9.36 Å². The van der Waals surface area contributed by atoms with Crippen LogP contribution in [0.5, 0.6) is 0 Å². The number of rotatable bonds is 2. The molecule has 2 N–H and O–H groups in total. The summed E-state index contributed by atoms with van der Waals surface area (Å²) >= 11 is 6.01. The summed E-state index contributed by atoms with van der Waals surface area (Å²) < 4.78 is 1.27. The highest BCUT2D eigenvalue weighted by Crippen LogP contribution is 2.17. The maximum absolute atomic E-state index is 12.4. The minimum absolute atomic E-state index is 0.180. The van der Waals surface area contributed by atoms with E-state index in [0.29, 0.717) is 22.5 Å². The minimum atomic E-state index is -0.400. The van der Waals surface area contributed by atoms with Crippen LogP contribution in [0.2, 0.25) is 5.02 Å². The number of aromatic amines is 1. The molecule has 1 saturated heterocycles. The van der Waals surface area contributed by atoms with Crippen LogP contribution in [0.4, 0.5) is 0 Å². The summed E-state index contributed by atoms with van der Waals surface area (Å²) in [7, 11) is 0. The van der Waals surface area contributed by atoms with Gasteiger partial charge in [-0.05, 0) is 31.5 Å². The standard InChI is InChI=1S/C14H16ClN3O2/c15-11-6-3-5-10-12(11)17-14(20)18(13(10)19)8-9-4-1-2-7-16-9/h3,5-6,9,16H,1-2,4,7-8H2,(H,17,20). The topological polar surface area (TPSA) is 66.9 Å². The lowest BCUT2D eigenvalue weighted by Crippen LogP contribution is -2.44. The predicted octanol–water partition coefficient (Wildman–Crippen LogP) is 1.49. The quantitative estimate of drug-likeness (QED) is 0.881. The molecule has 0 aliphatic carbocycles. The lowest BCUT2D eigenvalue weighted by Gasteiger charge is -2.23. The molecule has 1 aliphatic heterocycles. The average molecular weight is 294 g/mol. The maximum Gasteiger partial charge on any atom is 0.328 e. The fraction of sp³-hybridized carbons (Fsp3) is 0.429. The van der Waals surface area contributed by atoms with Gasteiger partial charge in [-0.15, -0.1) is 0 Å². The number of hydrogen-bond acceptors (Lipinski definition) is 3. The van der Waals surface area contributed by atoms with Gasteiger partial charge in [-0.2, -0.15) is 0 Å². The van der Waals surface area contributed by atoms with Gasteiger partial charge in [0.2, 0.25) is 0 Å². The number of hydrogen-bond donors (Lipinski definition) is 2. The van der Waals surface area contributed by atoms with Gasteiger partial charge in [-0.1, -0.05) is 24.1 Å². The number of H-pyrrole nitrogens is 1. The molecule has 1 fully saturated rings. The molecule has 1 atom stereocenters. The molecule has 1 unspecified atom stereocenters. The number of para-hydroxylation sites is 1. The Kier molecular flexibility index (Phi) is 3.63. The number of halogens is 1. The molecule has 0 amide bonds. The van der Waals surface area contributed by atoms with Crippen LogP contribution in [-0.4, -0.2) is 22.1 Å². The van der Waals surface area contributed by atoms with Gasteiger partial charge in [0.15, 0.2) is 0 Å². The van der Waals surface area contributed by atoms with Crippen molar-refractivity contribution in [3.8, 4) is 0 Å². The van der Waals surface area contributed by atoms with Crippen molar-refractivity contribution in [2.75, 3.05) is 6.54 Å². The number of aromatic nitrogens is 2. The second kappa shape index (κ2) is 5.42. The fourth-order valence-electron chi connectivity index (χ4n) is 2.71. The monoisotopic (exact) mass is 293 g/mol. The third kappa shape index (κ3) is 2.39. The summed E-state index contributed by atoms with van der Waals surface area (Å²) in [5.74, 6) is 0. The molecule has 0 saturated carbocycles. The molecule has 2 heterocycles. The van der Waals surface area contributed by atoms with Crippen molar-refractivity contribution < 1.29 is 0 Å². The zero-order chi connectivity index (χ0) is 14.1. The fourth-order valence-corrected chi connectivity index (χ4v) is 2.93. The van der Waals surface area contributed by atoms with E-state index in [4.69, 9.17) is 11.6 Å². The summed E-state index contributed by atoms with van der Waals surface area (Å²) in [6.45, 7) is 1.34. The molecule has 5 nitrogen and oxygen atoms in total. The van der Waals surface area contributed by atoms with E-state index in [0.717, 1.165) is 25.8 Å². The van der Waals surface area contributed by atoms with Crippen molar-refractivity contribution in [3.63, 3.8) is 0 Å². The molecule has 20 heavy (non-hydrogen) atoms. The van der Waals surface area contributed by atoms with Crippen LogP contribution in [0.1, 0.15) is 19.3 Å². The number of benzene rings is 1. The number of nitrogens with zero attached hydrogens (tertiary/aromatic N) is 1. The lowest BCUT2D eigenvalue weighted by atomic mass is 10.1. The first-order chi connectivity index (χ1) is 9.66. The molecule has 0 bridgehead atoms. The molecule has 1 aromatic heterocycles. The van der Waals surface area contributed by atoms with Crippen LogP contribution in [0.15, 0.2) is 27.8 Å². The lowest BCUT2D eigenvalue weighted by molar-refractivity contribution is 0.355. The van der Waals surface area contributed by atoms with Crippen molar-refractivity contribution in [1.82, 2.24) is 14.9 Å². The smallest absolute Gasteiger partial charge is 0.312 e. The SMILES string of the molecule is O=c1[nH]c2c(Cl)cccc2c(=O)n1CC1CCCCN1. The van der Waals surface area contributed by atoms with E-state index in [1.807, 2.05) is 0 Å². The van der Waals surface area contributed by atoms with Gasteiger partial charge >= 0.3 is 5.69 Å². The normalized spacial score (nSPS) is 19.4. The molecule has 1 aromatic carbocycles. The van der Waals surface area contributed by atoms with E-state index in [-0.39, 0.29) is 11.6 Å². The van der Waals surface area contributed by atoms with Crippen molar-refractivity contribution >= 4 is 22.5 Å². The summed E-state index contributed by atoms with van der Waals surface area (Å²) in [4.78, 5) is 27.2. The van der Waals surface area contributed by atoms with Crippen LogP contribution in [0, 0.1) is 0 Å². The highest BCUT2D eigenvalue weighted by atomic mass is 35.5. The first kappa shape index (κ1) is 13.4. The minimum Gasteiger partial charge on any atom is -0.312 e.